The first kappa shape index (κ1) is 16.0. The molecule has 1 unspecified atom stereocenters. The summed E-state index contributed by atoms with van der Waals surface area (Å²) in [6.45, 7) is 0.213. The van der Waals surface area contributed by atoms with E-state index in [4.69, 9.17) is 11.5 Å². The van der Waals surface area contributed by atoms with Gasteiger partial charge in [0.2, 0.25) is 0 Å². The van der Waals surface area contributed by atoms with Crippen LogP contribution in [0.15, 0.2) is 18.2 Å². The summed E-state index contributed by atoms with van der Waals surface area (Å²) in [4.78, 5) is 0. The van der Waals surface area contributed by atoms with Crippen molar-refractivity contribution in [1.29, 1.82) is 0 Å². The molecule has 0 saturated carbocycles. The van der Waals surface area contributed by atoms with Crippen molar-refractivity contribution in [2.45, 2.75) is 6.04 Å². The normalized spacial score (nSPS) is 11.1. The Balaban J connectivity index is 0. The zero-order chi connectivity index (χ0) is 9.14. The summed E-state index contributed by atoms with van der Waals surface area (Å²) in [5.41, 5.74) is 11.3. The minimum absolute atomic E-state index is 0. The van der Waals surface area contributed by atoms with Crippen molar-refractivity contribution in [2.75, 3.05) is 6.54 Å². The average molecular weight is 245 g/mol. The second-order valence-corrected chi connectivity index (χ2v) is 2.52. The summed E-state index contributed by atoms with van der Waals surface area (Å²) in [5.74, 6) is -1.76. The Bertz CT molecular complexity index is 284. The van der Waals surface area contributed by atoms with Crippen LogP contribution in [0.5, 0.6) is 0 Å². The van der Waals surface area contributed by atoms with E-state index in [0.717, 1.165) is 12.1 Å². The van der Waals surface area contributed by atoms with Crippen molar-refractivity contribution in [2.24, 2.45) is 11.5 Å². The summed E-state index contributed by atoms with van der Waals surface area (Å²) >= 11 is 0. The van der Waals surface area contributed by atoms with E-state index in [2.05, 4.69) is 0 Å². The van der Waals surface area contributed by atoms with E-state index in [9.17, 15) is 8.78 Å². The van der Waals surface area contributed by atoms with Gasteiger partial charge in [-0.3, -0.25) is 0 Å². The molecule has 0 bridgehead atoms. The van der Waals surface area contributed by atoms with Crippen LogP contribution < -0.4 is 11.5 Å². The van der Waals surface area contributed by atoms with E-state index in [-0.39, 0.29) is 31.4 Å². The van der Waals surface area contributed by atoms with Gasteiger partial charge in [-0.2, -0.15) is 0 Å². The van der Waals surface area contributed by atoms with Crippen molar-refractivity contribution < 1.29 is 8.78 Å². The molecule has 0 spiro atoms. The van der Waals surface area contributed by atoms with Gasteiger partial charge in [-0.1, -0.05) is 6.07 Å². The zero-order valence-electron chi connectivity index (χ0n) is 7.24. The van der Waals surface area contributed by atoms with Crippen molar-refractivity contribution in [3.05, 3.63) is 35.4 Å². The molecule has 2 nitrogen and oxygen atoms in total. The minimum Gasteiger partial charge on any atom is -0.329 e. The summed E-state index contributed by atoms with van der Waals surface area (Å²) < 4.78 is 25.0. The molecule has 0 radical (unpaired) electrons. The molecule has 14 heavy (non-hydrogen) atoms. The third kappa shape index (κ3) is 3.75. The molecule has 4 N–H and O–H groups in total. The lowest BCUT2D eigenvalue weighted by Gasteiger charge is -2.08. The molecule has 0 heterocycles. The van der Waals surface area contributed by atoms with E-state index in [1.54, 1.807) is 0 Å². The van der Waals surface area contributed by atoms with Gasteiger partial charge in [0.1, 0.15) is 0 Å². The number of halogens is 4. The standard InChI is InChI=1S/C8H10F2N2.2ClH/c9-6-2-1-5(3-7(6)10)8(12)4-11;;/h1-3,8H,4,11-12H2;2*1H. The highest BCUT2D eigenvalue weighted by Gasteiger charge is 2.07. The monoisotopic (exact) mass is 244 g/mol. The fourth-order valence-electron chi connectivity index (χ4n) is 0.879. The van der Waals surface area contributed by atoms with Crippen LogP contribution in [0.4, 0.5) is 8.78 Å². The fraction of sp³-hybridized carbons (Fsp3) is 0.250. The highest BCUT2D eigenvalue weighted by Crippen LogP contribution is 2.13. The van der Waals surface area contributed by atoms with Gasteiger partial charge >= 0.3 is 0 Å². The van der Waals surface area contributed by atoms with Crippen LogP contribution in [-0.4, -0.2) is 6.54 Å². The lowest BCUT2D eigenvalue weighted by Crippen LogP contribution is -2.20. The van der Waals surface area contributed by atoms with E-state index >= 15 is 0 Å². The molecule has 82 valence electrons. The Morgan fingerprint density at radius 3 is 2.14 bits per heavy atom. The van der Waals surface area contributed by atoms with Crippen LogP contribution in [0.3, 0.4) is 0 Å². The third-order valence-corrected chi connectivity index (χ3v) is 1.63. The lowest BCUT2D eigenvalue weighted by atomic mass is 10.1. The van der Waals surface area contributed by atoms with Crippen molar-refractivity contribution >= 4 is 24.8 Å². The first-order chi connectivity index (χ1) is 5.65. The van der Waals surface area contributed by atoms with Crippen LogP contribution in [-0.2, 0) is 0 Å². The van der Waals surface area contributed by atoms with E-state index in [1.165, 1.54) is 6.07 Å². The van der Waals surface area contributed by atoms with Crippen LogP contribution >= 0.6 is 24.8 Å². The average Bonchev–Trinajstić information content (AvgIpc) is 2.08. The Morgan fingerprint density at radius 2 is 1.71 bits per heavy atom. The van der Waals surface area contributed by atoms with Crippen LogP contribution in [0.25, 0.3) is 0 Å². The van der Waals surface area contributed by atoms with E-state index in [0.29, 0.717) is 5.56 Å². The molecule has 1 atom stereocenters. The Kier molecular flexibility index (Phi) is 7.96. The summed E-state index contributed by atoms with van der Waals surface area (Å²) in [6, 6.07) is 3.10. The van der Waals surface area contributed by atoms with Crippen LogP contribution in [0.1, 0.15) is 11.6 Å². The molecule has 0 fully saturated rings. The minimum atomic E-state index is -0.892. The van der Waals surface area contributed by atoms with Crippen molar-refractivity contribution in [3.8, 4) is 0 Å². The SMILES string of the molecule is Cl.Cl.NCC(N)c1ccc(F)c(F)c1. The van der Waals surface area contributed by atoms with Gasteiger partial charge in [0, 0.05) is 12.6 Å². The number of nitrogens with two attached hydrogens (primary N) is 2. The number of hydrogen-bond donors (Lipinski definition) is 2. The largest absolute Gasteiger partial charge is 0.329 e. The molecule has 0 aliphatic heterocycles. The van der Waals surface area contributed by atoms with Gasteiger partial charge in [0.25, 0.3) is 0 Å². The Labute approximate surface area is 93.5 Å². The molecule has 0 aromatic heterocycles. The third-order valence-electron chi connectivity index (χ3n) is 1.63. The topological polar surface area (TPSA) is 52.0 Å². The summed E-state index contributed by atoms with van der Waals surface area (Å²) in [6.07, 6.45) is 0. The first-order valence-corrected chi connectivity index (χ1v) is 3.55. The molecular weight excluding hydrogens is 233 g/mol. The quantitative estimate of drug-likeness (QED) is 0.834. The molecule has 0 aliphatic carbocycles. The number of benzene rings is 1. The van der Waals surface area contributed by atoms with Gasteiger partial charge in [0.05, 0.1) is 0 Å². The highest BCUT2D eigenvalue weighted by atomic mass is 35.5. The van der Waals surface area contributed by atoms with Crippen molar-refractivity contribution in [1.82, 2.24) is 0 Å². The van der Waals surface area contributed by atoms with Gasteiger partial charge in [-0.05, 0) is 17.7 Å². The maximum Gasteiger partial charge on any atom is 0.159 e. The second-order valence-electron chi connectivity index (χ2n) is 2.52. The Hall–Kier alpha value is -0.420. The van der Waals surface area contributed by atoms with Gasteiger partial charge in [-0.15, -0.1) is 24.8 Å². The Morgan fingerprint density at radius 1 is 1.14 bits per heavy atom. The van der Waals surface area contributed by atoms with Gasteiger partial charge in [0.15, 0.2) is 11.6 Å². The van der Waals surface area contributed by atoms with E-state index < -0.39 is 17.7 Å². The zero-order valence-corrected chi connectivity index (χ0v) is 8.88. The van der Waals surface area contributed by atoms with Crippen LogP contribution in [0.2, 0.25) is 0 Å². The number of hydrogen-bond acceptors (Lipinski definition) is 2. The molecular formula is C8H12Cl2F2N2. The molecule has 1 aromatic carbocycles. The van der Waals surface area contributed by atoms with Gasteiger partial charge < -0.3 is 11.5 Å². The fourth-order valence-corrected chi connectivity index (χ4v) is 0.879. The molecule has 0 aliphatic rings. The summed E-state index contributed by atoms with van der Waals surface area (Å²) in [7, 11) is 0. The maximum absolute atomic E-state index is 12.6. The lowest BCUT2D eigenvalue weighted by molar-refractivity contribution is 0.505. The van der Waals surface area contributed by atoms with Crippen molar-refractivity contribution in [3.63, 3.8) is 0 Å². The highest BCUT2D eigenvalue weighted by molar-refractivity contribution is 5.85. The summed E-state index contributed by atoms with van der Waals surface area (Å²) in [5, 5.41) is 0. The first-order valence-electron chi connectivity index (χ1n) is 3.55. The molecule has 0 amide bonds. The van der Waals surface area contributed by atoms with Gasteiger partial charge in [-0.25, -0.2) is 8.78 Å². The van der Waals surface area contributed by atoms with E-state index in [1.807, 2.05) is 0 Å². The molecule has 0 saturated heterocycles. The molecule has 6 heteroatoms. The number of rotatable bonds is 2. The predicted molar refractivity (Wildman–Crippen MR) is 56.8 cm³/mol. The smallest absolute Gasteiger partial charge is 0.159 e. The predicted octanol–water partition coefficient (Wildman–Crippen LogP) is 1.77. The second kappa shape index (κ2) is 6.95. The van der Waals surface area contributed by atoms with Crippen LogP contribution in [0, 0.1) is 11.6 Å². The molecule has 1 rings (SSSR count). The molecule has 1 aromatic rings. The maximum atomic E-state index is 12.6.